The molecule has 0 aromatic heterocycles. The van der Waals surface area contributed by atoms with Crippen LogP contribution in [0.3, 0.4) is 0 Å². The lowest BCUT2D eigenvalue weighted by atomic mass is 9.99. The van der Waals surface area contributed by atoms with Crippen LogP contribution in [0.5, 0.6) is 0 Å². The van der Waals surface area contributed by atoms with E-state index in [1.54, 1.807) is 0 Å². The largest absolute Gasteiger partial charge is 0.310 e. The summed E-state index contributed by atoms with van der Waals surface area (Å²) in [5.74, 6) is 0. The predicted molar refractivity (Wildman–Crippen MR) is 85.4 cm³/mol. The van der Waals surface area contributed by atoms with Gasteiger partial charge < -0.3 is 5.32 Å². The first-order valence-electron chi connectivity index (χ1n) is 7.77. The zero-order chi connectivity index (χ0) is 13.8. The van der Waals surface area contributed by atoms with Crippen molar-refractivity contribution < 1.29 is 0 Å². The van der Waals surface area contributed by atoms with Crippen molar-refractivity contribution >= 4 is 0 Å². The molecular weight excluding hydrogens is 230 g/mol. The molecule has 1 heteroatoms. The van der Waals surface area contributed by atoms with E-state index in [2.05, 4.69) is 49.2 Å². The first kappa shape index (κ1) is 16.0. The van der Waals surface area contributed by atoms with E-state index in [0.717, 1.165) is 6.54 Å². The van der Waals surface area contributed by atoms with Gasteiger partial charge in [-0.3, -0.25) is 0 Å². The molecule has 0 spiro atoms. The molecule has 0 aliphatic rings. The van der Waals surface area contributed by atoms with Crippen LogP contribution in [0.15, 0.2) is 43.0 Å². The van der Waals surface area contributed by atoms with Crippen LogP contribution in [0, 0.1) is 0 Å². The second-order valence-corrected chi connectivity index (χ2v) is 5.15. The molecule has 1 aromatic rings. The topological polar surface area (TPSA) is 12.0 Å². The number of allylic oxidation sites excluding steroid dienone is 1. The molecule has 1 atom stereocenters. The standard InChI is InChI=1S/C18H29N/c1-3-5-6-7-8-9-13-16-18(19-4-2)17-14-11-10-12-15-17/h3,10-12,14-15,18-19H,1,4-9,13,16H2,2H3. The highest BCUT2D eigenvalue weighted by molar-refractivity contribution is 5.18. The highest BCUT2D eigenvalue weighted by atomic mass is 14.9. The van der Waals surface area contributed by atoms with Crippen molar-refractivity contribution in [3.63, 3.8) is 0 Å². The lowest BCUT2D eigenvalue weighted by Crippen LogP contribution is -2.20. The zero-order valence-corrected chi connectivity index (χ0v) is 12.4. The van der Waals surface area contributed by atoms with E-state index in [4.69, 9.17) is 0 Å². The van der Waals surface area contributed by atoms with Gasteiger partial charge in [0, 0.05) is 6.04 Å². The van der Waals surface area contributed by atoms with E-state index in [-0.39, 0.29) is 0 Å². The molecule has 0 aliphatic heterocycles. The van der Waals surface area contributed by atoms with Gasteiger partial charge >= 0.3 is 0 Å². The van der Waals surface area contributed by atoms with Crippen molar-refractivity contribution in [1.82, 2.24) is 5.32 Å². The van der Waals surface area contributed by atoms with Crippen LogP contribution in [0.2, 0.25) is 0 Å². The average molecular weight is 259 g/mol. The predicted octanol–water partition coefficient (Wildman–Crippen LogP) is 5.25. The van der Waals surface area contributed by atoms with Crippen molar-refractivity contribution in [1.29, 1.82) is 0 Å². The minimum Gasteiger partial charge on any atom is -0.310 e. The molecule has 1 N–H and O–H groups in total. The third-order valence-corrected chi connectivity index (χ3v) is 3.55. The van der Waals surface area contributed by atoms with Crippen LogP contribution in [0.1, 0.15) is 63.5 Å². The Bertz CT molecular complexity index is 318. The van der Waals surface area contributed by atoms with Crippen LogP contribution >= 0.6 is 0 Å². The van der Waals surface area contributed by atoms with Gasteiger partial charge in [-0.2, -0.15) is 0 Å². The summed E-state index contributed by atoms with van der Waals surface area (Å²) in [5, 5.41) is 3.60. The van der Waals surface area contributed by atoms with E-state index in [0.29, 0.717) is 6.04 Å². The molecule has 0 saturated carbocycles. The molecule has 106 valence electrons. The molecule has 0 amide bonds. The van der Waals surface area contributed by atoms with Gasteiger partial charge in [0.05, 0.1) is 0 Å². The summed E-state index contributed by atoms with van der Waals surface area (Å²) in [5.41, 5.74) is 1.43. The van der Waals surface area contributed by atoms with E-state index < -0.39 is 0 Å². The SMILES string of the molecule is C=CCCCCCCCC(NCC)c1ccccc1. The average Bonchev–Trinajstić information content (AvgIpc) is 2.46. The van der Waals surface area contributed by atoms with E-state index in [1.807, 2.05) is 6.08 Å². The highest BCUT2D eigenvalue weighted by Gasteiger charge is 2.08. The smallest absolute Gasteiger partial charge is 0.0320 e. The maximum absolute atomic E-state index is 3.76. The lowest BCUT2D eigenvalue weighted by Gasteiger charge is -2.18. The quantitative estimate of drug-likeness (QED) is 0.422. The molecule has 0 radical (unpaired) electrons. The van der Waals surface area contributed by atoms with Crippen LogP contribution in [0.25, 0.3) is 0 Å². The first-order chi connectivity index (χ1) is 9.38. The molecular formula is C18H29N. The zero-order valence-electron chi connectivity index (χ0n) is 12.4. The van der Waals surface area contributed by atoms with Gasteiger partial charge in [-0.25, -0.2) is 0 Å². The molecule has 0 fully saturated rings. The molecule has 0 bridgehead atoms. The van der Waals surface area contributed by atoms with Gasteiger partial charge in [0.1, 0.15) is 0 Å². The van der Waals surface area contributed by atoms with E-state index >= 15 is 0 Å². The molecule has 0 saturated heterocycles. The molecule has 1 aromatic carbocycles. The van der Waals surface area contributed by atoms with Crippen molar-refractivity contribution in [2.75, 3.05) is 6.54 Å². The van der Waals surface area contributed by atoms with Gasteiger partial charge in [-0.05, 0) is 31.4 Å². The fraction of sp³-hybridized carbons (Fsp3) is 0.556. The Labute approximate surface area is 119 Å². The summed E-state index contributed by atoms with van der Waals surface area (Å²) in [7, 11) is 0. The van der Waals surface area contributed by atoms with E-state index in [9.17, 15) is 0 Å². The molecule has 1 unspecified atom stereocenters. The second kappa shape index (κ2) is 10.8. The van der Waals surface area contributed by atoms with Crippen LogP contribution in [-0.4, -0.2) is 6.54 Å². The maximum atomic E-state index is 3.76. The minimum atomic E-state index is 0.527. The summed E-state index contributed by atoms with van der Waals surface area (Å²) in [6, 6.07) is 11.4. The Morgan fingerprint density at radius 1 is 1.05 bits per heavy atom. The lowest BCUT2D eigenvalue weighted by molar-refractivity contribution is 0.478. The van der Waals surface area contributed by atoms with Crippen molar-refractivity contribution in [3.05, 3.63) is 48.6 Å². The summed E-state index contributed by atoms with van der Waals surface area (Å²) >= 11 is 0. The highest BCUT2D eigenvalue weighted by Crippen LogP contribution is 2.20. The van der Waals surface area contributed by atoms with Gasteiger partial charge in [-0.15, -0.1) is 6.58 Å². The number of hydrogen-bond donors (Lipinski definition) is 1. The number of benzene rings is 1. The summed E-state index contributed by atoms with van der Waals surface area (Å²) in [6.45, 7) is 6.99. The number of nitrogens with one attached hydrogen (secondary N) is 1. The Kier molecular flexibility index (Phi) is 9.09. The third-order valence-electron chi connectivity index (χ3n) is 3.55. The normalized spacial score (nSPS) is 12.3. The summed E-state index contributed by atoms with van der Waals surface area (Å²) in [6.07, 6.45) is 11.1. The molecule has 1 nitrogen and oxygen atoms in total. The number of rotatable bonds is 11. The van der Waals surface area contributed by atoms with Gasteiger partial charge in [-0.1, -0.05) is 69.0 Å². The fourth-order valence-corrected chi connectivity index (χ4v) is 2.49. The van der Waals surface area contributed by atoms with Gasteiger partial charge in [0.15, 0.2) is 0 Å². The van der Waals surface area contributed by atoms with Gasteiger partial charge in [0.25, 0.3) is 0 Å². The van der Waals surface area contributed by atoms with Crippen LogP contribution < -0.4 is 5.32 Å². The Morgan fingerprint density at radius 2 is 1.74 bits per heavy atom. The third kappa shape index (κ3) is 7.17. The Morgan fingerprint density at radius 3 is 2.42 bits per heavy atom. The van der Waals surface area contributed by atoms with Crippen LogP contribution in [-0.2, 0) is 0 Å². The summed E-state index contributed by atoms with van der Waals surface area (Å²) < 4.78 is 0. The number of unbranched alkanes of at least 4 members (excludes halogenated alkanes) is 5. The van der Waals surface area contributed by atoms with Crippen molar-refractivity contribution in [2.45, 2.75) is 57.9 Å². The first-order valence-corrected chi connectivity index (χ1v) is 7.77. The maximum Gasteiger partial charge on any atom is 0.0320 e. The van der Waals surface area contributed by atoms with Gasteiger partial charge in [0.2, 0.25) is 0 Å². The second-order valence-electron chi connectivity index (χ2n) is 5.15. The molecule has 0 aliphatic carbocycles. The molecule has 1 rings (SSSR count). The molecule has 0 heterocycles. The Hall–Kier alpha value is -1.08. The summed E-state index contributed by atoms with van der Waals surface area (Å²) in [4.78, 5) is 0. The van der Waals surface area contributed by atoms with Crippen molar-refractivity contribution in [2.24, 2.45) is 0 Å². The van der Waals surface area contributed by atoms with E-state index in [1.165, 1.54) is 50.5 Å². The Balaban J connectivity index is 2.21. The number of hydrogen-bond acceptors (Lipinski definition) is 1. The van der Waals surface area contributed by atoms with Crippen LogP contribution in [0.4, 0.5) is 0 Å². The monoisotopic (exact) mass is 259 g/mol. The fourth-order valence-electron chi connectivity index (χ4n) is 2.49. The molecule has 19 heavy (non-hydrogen) atoms. The van der Waals surface area contributed by atoms with Crippen molar-refractivity contribution in [3.8, 4) is 0 Å². The minimum absolute atomic E-state index is 0.527.